The van der Waals surface area contributed by atoms with Crippen molar-refractivity contribution in [3.8, 4) is 11.3 Å². The maximum absolute atomic E-state index is 13.9. The van der Waals surface area contributed by atoms with E-state index in [0.29, 0.717) is 41.8 Å². The molecule has 1 aliphatic heterocycles. The van der Waals surface area contributed by atoms with Crippen LogP contribution < -0.4 is 10.6 Å². The van der Waals surface area contributed by atoms with Gasteiger partial charge in [-0.15, -0.1) is 10.2 Å². The fraction of sp³-hybridized carbons (Fsp3) is 0.312. The number of rotatable bonds is 4. The van der Waals surface area contributed by atoms with Gasteiger partial charge >= 0.3 is 5.97 Å². The van der Waals surface area contributed by atoms with E-state index in [-0.39, 0.29) is 17.5 Å². The zero-order valence-electron chi connectivity index (χ0n) is 13.0. The van der Waals surface area contributed by atoms with E-state index in [0.717, 1.165) is 0 Å². The van der Waals surface area contributed by atoms with Gasteiger partial charge in [-0.1, -0.05) is 11.6 Å². The maximum Gasteiger partial charge on any atom is 0.310 e. The van der Waals surface area contributed by atoms with Crippen molar-refractivity contribution >= 4 is 29.1 Å². The molecule has 2 aromatic rings. The average molecular weight is 351 g/mol. The molecule has 0 amide bonds. The molecular formula is C16H16ClFN4O2. The third-order valence-corrected chi connectivity index (χ3v) is 4.14. The number of carbonyl (C=O) groups excluding carboxylic acids is 1. The molecule has 1 aliphatic rings. The van der Waals surface area contributed by atoms with Crippen LogP contribution in [0.5, 0.6) is 0 Å². The monoisotopic (exact) mass is 350 g/mol. The molecule has 0 saturated carbocycles. The van der Waals surface area contributed by atoms with Gasteiger partial charge in [-0.2, -0.15) is 0 Å². The molecular weight excluding hydrogens is 335 g/mol. The van der Waals surface area contributed by atoms with Gasteiger partial charge in [-0.3, -0.25) is 4.79 Å². The van der Waals surface area contributed by atoms with Gasteiger partial charge in [-0.05, 0) is 30.7 Å². The molecule has 0 bridgehead atoms. The van der Waals surface area contributed by atoms with E-state index in [9.17, 15) is 9.18 Å². The molecule has 8 heteroatoms. The summed E-state index contributed by atoms with van der Waals surface area (Å²) < 4.78 is 18.9. The highest BCUT2D eigenvalue weighted by Gasteiger charge is 2.28. The standard InChI is InChI=1S/C16H16ClFN4O2/c1-22(8-9-4-5-24-16(9)23)15-13(19)7-14(20-21-15)11-6-10(17)2-3-12(11)18/h2-3,6-7,9H,4-5,8H2,1H3,(H2,19,20). The molecule has 126 valence electrons. The Kier molecular flexibility index (Phi) is 4.53. The minimum absolute atomic E-state index is 0.207. The molecule has 3 rings (SSSR count). The Morgan fingerprint density at radius 2 is 2.21 bits per heavy atom. The van der Waals surface area contributed by atoms with Crippen LogP contribution in [0.3, 0.4) is 0 Å². The summed E-state index contributed by atoms with van der Waals surface area (Å²) in [6.45, 7) is 0.869. The quantitative estimate of drug-likeness (QED) is 0.853. The lowest BCUT2D eigenvalue weighted by atomic mass is 10.1. The van der Waals surface area contributed by atoms with Crippen molar-refractivity contribution in [2.45, 2.75) is 6.42 Å². The average Bonchev–Trinajstić information content (AvgIpc) is 2.94. The zero-order chi connectivity index (χ0) is 17.3. The summed E-state index contributed by atoms with van der Waals surface area (Å²) in [4.78, 5) is 13.3. The smallest absolute Gasteiger partial charge is 0.310 e. The van der Waals surface area contributed by atoms with Crippen molar-refractivity contribution in [1.82, 2.24) is 10.2 Å². The summed E-state index contributed by atoms with van der Waals surface area (Å²) in [6, 6.07) is 5.74. The lowest BCUT2D eigenvalue weighted by Gasteiger charge is -2.21. The Hall–Kier alpha value is -2.41. The summed E-state index contributed by atoms with van der Waals surface area (Å²) in [5.41, 5.74) is 6.91. The first-order chi connectivity index (χ1) is 11.5. The first-order valence-electron chi connectivity index (χ1n) is 7.42. The summed E-state index contributed by atoms with van der Waals surface area (Å²) in [7, 11) is 1.77. The van der Waals surface area contributed by atoms with Gasteiger partial charge in [0.05, 0.1) is 23.9 Å². The predicted octanol–water partition coefficient (Wildman–Crippen LogP) is 2.52. The van der Waals surface area contributed by atoms with Gasteiger partial charge in [0.1, 0.15) is 5.82 Å². The molecule has 2 N–H and O–H groups in total. The van der Waals surface area contributed by atoms with Crippen molar-refractivity contribution < 1.29 is 13.9 Å². The second kappa shape index (κ2) is 6.60. The minimum Gasteiger partial charge on any atom is -0.465 e. The lowest BCUT2D eigenvalue weighted by molar-refractivity contribution is -0.140. The van der Waals surface area contributed by atoms with E-state index < -0.39 is 5.82 Å². The summed E-state index contributed by atoms with van der Waals surface area (Å²) in [5, 5.41) is 8.52. The third kappa shape index (κ3) is 3.26. The molecule has 1 saturated heterocycles. The van der Waals surface area contributed by atoms with Crippen LogP contribution in [-0.4, -0.2) is 36.4 Å². The molecule has 1 aromatic heterocycles. The number of ether oxygens (including phenoxy) is 1. The van der Waals surface area contributed by atoms with Crippen LogP contribution in [0.15, 0.2) is 24.3 Å². The molecule has 1 fully saturated rings. The molecule has 1 aromatic carbocycles. The number of aromatic nitrogens is 2. The molecule has 0 aliphatic carbocycles. The normalized spacial score (nSPS) is 17.0. The molecule has 0 spiro atoms. The van der Waals surface area contributed by atoms with Gasteiger partial charge in [0.15, 0.2) is 5.82 Å². The van der Waals surface area contributed by atoms with Gasteiger partial charge in [0.25, 0.3) is 0 Å². The van der Waals surface area contributed by atoms with E-state index in [4.69, 9.17) is 22.1 Å². The summed E-state index contributed by atoms with van der Waals surface area (Å²) in [6.07, 6.45) is 0.669. The largest absolute Gasteiger partial charge is 0.465 e. The highest BCUT2D eigenvalue weighted by Crippen LogP contribution is 2.29. The number of halogens is 2. The number of carbonyl (C=O) groups is 1. The lowest BCUT2D eigenvalue weighted by Crippen LogP contribution is -2.29. The Bertz CT molecular complexity index is 787. The Labute approximate surface area is 143 Å². The number of benzene rings is 1. The van der Waals surface area contributed by atoms with Crippen LogP contribution in [0.2, 0.25) is 5.02 Å². The van der Waals surface area contributed by atoms with E-state index in [1.165, 1.54) is 18.2 Å². The number of nitrogen functional groups attached to an aromatic ring is 1. The molecule has 24 heavy (non-hydrogen) atoms. The van der Waals surface area contributed by atoms with Crippen LogP contribution in [0.4, 0.5) is 15.9 Å². The number of cyclic esters (lactones) is 1. The van der Waals surface area contributed by atoms with Crippen LogP contribution >= 0.6 is 11.6 Å². The fourth-order valence-electron chi connectivity index (χ4n) is 2.64. The minimum atomic E-state index is -0.456. The second-order valence-corrected chi connectivity index (χ2v) is 6.10. The molecule has 1 unspecified atom stereocenters. The number of hydrogen-bond acceptors (Lipinski definition) is 6. The zero-order valence-corrected chi connectivity index (χ0v) is 13.8. The number of hydrogen-bond donors (Lipinski definition) is 1. The van der Waals surface area contributed by atoms with Gasteiger partial charge in [0, 0.05) is 24.2 Å². The van der Waals surface area contributed by atoms with Crippen LogP contribution in [0, 0.1) is 11.7 Å². The van der Waals surface area contributed by atoms with Crippen LogP contribution in [-0.2, 0) is 9.53 Å². The fourth-order valence-corrected chi connectivity index (χ4v) is 2.81. The van der Waals surface area contributed by atoms with Crippen molar-refractivity contribution in [1.29, 1.82) is 0 Å². The van der Waals surface area contributed by atoms with Crippen molar-refractivity contribution in [3.05, 3.63) is 35.1 Å². The number of esters is 1. The van der Waals surface area contributed by atoms with Gasteiger partial charge < -0.3 is 15.4 Å². The molecule has 0 radical (unpaired) electrons. The number of nitrogens with zero attached hydrogens (tertiary/aromatic N) is 3. The number of nitrogens with two attached hydrogens (primary N) is 1. The first kappa shape index (κ1) is 16.4. The Balaban J connectivity index is 1.84. The molecule has 2 heterocycles. The SMILES string of the molecule is CN(CC1CCOC1=O)c1nnc(-c2cc(Cl)ccc2F)cc1N. The van der Waals surface area contributed by atoms with E-state index in [1.54, 1.807) is 18.0 Å². The van der Waals surface area contributed by atoms with Crippen molar-refractivity contribution in [2.75, 3.05) is 30.8 Å². The second-order valence-electron chi connectivity index (χ2n) is 5.67. The Morgan fingerprint density at radius 3 is 2.88 bits per heavy atom. The van der Waals surface area contributed by atoms with Crippen molar-refractivity contribution in [3.63, 3.8) is 0 Å². The van der Waals surface area contributed by atoms with E-state index >= 15 is 0 Å². The van der Waals surface area contributed by atoms with Gasteiger partial charge in [0.2, 0.25) is 0 Å². The highest BCUT2D eigenvalue weighted by atomic mass is 35.5. The predicted molar refractivity (Wildman–Crippen MR) is 89.2 cm³/mol. The number of anilines is 2. The van der Waals surface area contributed by atoms with E-state index in [2.05, 4.69) is 10.2 Å². The van der Waals surface area contributed by atoms with Gasteiger partial charge in [-0.25, -0.2) is 4.39 Å². The van der Waals surface area contributed by atoms with E-state index in [1.807, 2.05) is 0 Å². The summed E-state index contributed by atoms with van der Waals surface area (Å²) in [5.74, 6) is -0.448. The first-order valence-corrected chi connectivity index (χ1v) is 7.80. The molecule has 6 nitrogen and oxygen atoms in total. The van der Waals surface area contributed by atoms with Crippen molar-refractivity contribution in [2.24, 2.45) is 5.92 Å². The van der Waals surface area contributed by atoms with Crippen LogP contribution in [0.25, 0.3) is 11.3 Å². The highest BCUT2D eigenvalue weighted by molar-refractivity contribution is 6.30. The maximum atomic E-state index is 13.9. The summed E-state index contributed by atoms with van der Waals surface area (Å²) >= 11 is 5.90. The topological polar surface area (TPSA) is 81.3 Å². The third-order valence-electron chi connectivity index (χ3n) is 3.91. The molecule has 1 atom stereocenters. The van der Waals surface area contributed by atoms with Crippen LogP contribution in [0.1, 0.15) is 6.42 Å². The Morgan fingerprint density at radius 1 is 1.42 bits per heavy atom.